The first-order valence-corrected chi connectivity index (χ1v) is 9.93. The molecule has 1 aliphatic rings. The fourth-order valence-electron chi connectivity index (χ4n) is 3.50. The summed E-state index contributed by atoms with van der Waals surface area (Å²) in [6.07, 6.45) is 0.0603. The second-order valence-electron chi connectivity index (χ2n) is 7.36. The van der Waals surface area contributed by atoms with Crippen LogP contribution in [0.4, 0.5) is 11.4 Å². The molecule has 0 bridgehead atoms. The van der Waals surface area contributed by atoms with E-state index in [1.54, 1.807) is 29.2 Å². The molecule has 2 amide bonds. The van der Waals surface area contributed by atoms with Crippen LogP contribution in [0.2, 0.25) is 0 Å². The van der Waals surface area contributed by atoms with Crippen molar-refractivity contribution >= 4 is 29.2 Å². The lowest BCUT2D eigenvalue weighted by Gasteiger charge is -2.17. The Kier molecular flexibility index (Phi) is 6.72. The average Bonchev–Trinajstić information content (AvgIpc) is 3.08. The molecule has 2 aromatic rings. The number of hydrogen-bond acceptors (Lipinski definition) is 5. The molecule has 0 spiro atoms. The molecule has 1 fully saturated rings. The van der Waals surface area contributed by atoms with Crippen LogP contribution in [0.15, 0.2) is 42.5 Å². The molecule has 7 heteroatoms. The first-order chi connectivity index (χ1) is 14.4. The summed E-state index contributed by atoms with van der Waals surface area (Å²) in [5, 5.41) is 2.72. The van der Waals surface area contributed by atoms with Crippen LogP contribution in [0, 0.1) is 19.8 Å². The molecule has 0 aromatic heterocycles. The molecular formula is C23H26N2O5. The van der Waals surface area contributed by atoms with Crippen LogP contribution in [0.25, 0.3) is 0 Å². The van der Waals surface area contributed by atoms with Gasteiger partial charge in [0.1, 0.15) is 5.75 Å². The first kappa shape index (κ1) is 21.4. The topological polar surface area (TPSA) is 84.9 Å². The fraction of sp³-hybridized carbons (Fsp3) is 0.348. The molecule has 1 saturated heterocycles. The van der Waals surface area contributed by atoms with Crippen LogP contribution in [-0.2, 0) is 19.1 Å². The fourth-order valence-corrected chi connectivity index (χ4v) is 3.50. The molecule has 0 radical (unpaired) electrons. The minimum atomic E-state index is -0.599. The normalized spacial score (nSPS) is 15.8. The summed E-state index contributed by atoms with van der Waals surface area (Å²) in [7, 11) is 0. The van der Waals surface area contributed by atoms with Crippen molar-refractivity contribution in [1.82, 2.24) is 0 Å². The highest BCUT2D eigenvalue weighted by Gasteiger charge is 2.36. The van der Waals surface area contributed by atoms with Crippen molar-refractivity contribution in [3.05, 3.63) is 53.6 Å². The van der Waals surface area contributed by atoms with Gasteiger partial charge in [-0.15, -0.1) is 0 Å². The van der Waals surface area contributed by atoms with Gasteiger partial charge in [0.15, 0.2) is 6.61 Å². The highest BCUT2D eigenvalue weighted by atomic mass is 16.5. The van der Waals surface area contributed by atoms with E-state index in [0.29, 0.717) is 18.0 Å². The quantitative estimate of drug-likeness (QED) is 0.709. The molecule has 30 heavy (non-hydrogen) atoms. The molecule has 0 aliphatic carbocycles. The Hall–Kier alpha value is -3.35. The Morgan fingerprint density at radius 1 is 1.10 bits per heavy atom. The van der Waals surface area contributed by atoms with E-state index >= 15 is 0 Å². The SMILES string of the molecule is CCOc1ccc(N2C[C@@H](C(=O)OCC(=O)Nc3cc(C)cc(C)c3)CC2=O)cc1. The zero-order chi connectivity index (χ0) is 21.7. The number of amides is 2. The zero-order valence-corrected chi connectivity index (χ0v) is 17.4. The number of hydrogen-bond donors (Lipinski definition) is 1. The van der Waals surface area contributed by atoms with Crippen molar-refractivity contribution in [2.75, 3.05) is 30.0 Å². The number of nitrogens with one attached hydrogen (secondary N) is 1. The standard InChI is InChI=1S/C23H26N2O5/c1-4-29-20-7-5-19(6-8-20)25-13-17(12-22(25)27)23(28)30-14-21(26)24-18-10-15(2)9-16(3)11-18/h5-11,17H,4,12-14H2,1-3H3,(H,24,26)/t17-/m0/s1. The smallest absolute Gasteiger partial charge is 0.311 e. The lowest BCUT2D eigenvalue weighted by atomic mass is 10.1. The summed E-state index contributed by atoms with van der Waals surface area (Å²) < 4.78 is 10.6. The summed E-state index contributed by atoms with van der Waals surface area (Å²) in [6, 6.07) is 12.8. The van der Waals surface area contributed by atoms with Crippen molar-refractivity contribution in [3.63, 3.8) is 0 Å². The molecule has 1 heterocycles. The maximum absolute atomic E-state index is 12.4. The lowest BCUT2D eigenvalue weighted by molar-refractivity contribution is -0.151. The third-order valence-corrected chi connectivity index (χ3v) is 4.77. The van der Waals surface area contributed by atoms with Gasteiger partial charge in [-0.2, -0.15) is 0 Å². The van der Waals surface area contributed by atoms with E-state index in [4.69, 9.17) is 9.47 Å². The van der Waals surface area contributed by atoms with Gasteiger partial charge in [0.2, 0.25) is 5.91 Å². The monoisotopic (exact) mass is 410 g/mol. The van der Waals surface area contributed by atoms with Crippen molar-refractivity contribution in [1.29, 1.82) is 0 Å². The van der Waals surface area contributed by atoms with Crippen molar-refractivity contribution in [3.8, 4) is 5.75 Å². The Labute approximate surface area is 176 Å². The van der Waals surface area contributed by atoms with Crippen LogP contribution >= 0.6 is 0 Å². The summed E-state index contributed by atoms with van der Waals surface area (Å²) >= 11 is 0. The summed E-state index contributed by atoms with van der Waals surface area (Å²) in [6.45, 7) is 6.18. The summed E-state index contributed by atoms with van der Waals surface area (Å²) in [4.78, 5) is 38.4. The average molecular weight is 410 g/mol. The van der Waals surface area contributed by atoms with Crippen molar-refractivity contribution in [2.45, 2.75) is 27.2 Å². The van der Waals surface area contributed by atoms with Gasteiger partial charge in [0.05, 0.1) is 12.5 Å². The van der Waals surface area contributed by atoms with Gasteiger partial charge in [-0.05, 0) is 68.3 Å². The zero-order valence-electron chi connectivity index (χ0n) is 17.4. The number of ether oxygens (including phenoxy) is 2. The highest BCUT2D eigenvalue weighted by Crippen LogP contribution is 2.27. The minimum Gasteiger partial charge on any atom is -0.494 e. The van der Waals surface area contributed by atoms with Crippen LogP contribution in [0.5, 0.6) is 5.75 Å². The lowest BCUT2D eigenvalue weighted by Crippen LogP contribution is -2.28. The van der Waals surface area contributed by atoms with Gasteiger partial charge in [-0.1, -0.05) is 6.07 Å². The van der Waals surface area contributed by atoms with Gasteiger partial charge < -0.3 is 19.7 Å². The molecule has 0 unspecified atom stereocenters. The molecule has 2 aromatic carbocycles. The number of esters is 1. The number of nitrogens with zero attached hydrogens (tertiary/aromatic N) is 1. The third kappa shape index (κ3) is 5.37. The van der Waals surface area contributed by atoms with Gasteiger partial charge in [-0.3, -0.25) is 14.4 Å². The van der Waals surface area contributed by atoms with E-state index < -0.39 is 17.8 Å². The van der Waals surface area contributed by atoms with Crippen LogP contribution in [0.3, 0.4) is 0 Å². The summed E-state index contributed by atoms with van der Waals surface area (Å²) in [5.41, 5.74) is 3.42. The van der Waals surface area contributed by atoms with Crippen LogP contribution < -0.4 is 15.0 Å². The number of anilines is 2. The maximum atomic E-state index is 12.4. The second-order valence-corrected chi connectivity index (χ2v) is 7.36. The van der Waals surface area contributed by atoms with Crippen LogP contribution in [0.1, 0.15) is 24.5 Å². The van der Waals surface area contributed by atoms with E-state index in [-0.39, 0.29) is 25.5 Å². The molecule has 1 N–H and O–H groups in total. The van der Waals surface area contributed by atoms with E-state index in [0.717, 1.165) is 16.9 Å². The number of aryl methyl sites for hydroxylation is 2. The molecule has 3 rings (SSSR count). The van der Waals surface area contributed by atoms with Gasteiger partial charge in [0, 0.05) is 24.3 Å². The molecule has 7 nitrogen and oxygen atoms in total. The van der Waals surface area contributed by atoms with Crippen molar-refractivity contribution < 1.29 is 23.9 Å². The molecular weight excluding hydrogens is 384 g/mol. The predicted molar refractivity (Wildman–Crippen MR) is 114 cm³/mol. The van der Waals surface area contributed by atoms with Gasteiger partial charge in [-0.25, -0.2) is 0 Å². The largest absolute Gasteiger partial charge is 0.494 e. The number of carbonyl (C=O) groups excluding carboxylic acids is 3. The number of carbonyl (C=O) groups is 3. The van der Waals surface area contributed by atoms with E-state index in [9.17, 15) is 14.4 Å². The minimum absolute atomic E-state index is 0.0603. The second kappa shape index (κ2) is 9.43. The van der Waals surface area contributed by atoms with Crippen LogP contribution in [-0.4, -0.2) is 37.5 Å². The van der Waals surface area contributed by atoms with E-state index in [2.05, 4.69) is 5.32 Å². The molecule has 0 saturated carbocycles. The Morgan fingerprint density at radius 3 is 2.40 bits per heavy atom. The van der Waals surface area contributed by atoms with Crippen molar-refractivity contribution in [2.24, 2.45) is 5.92 Å². The van der Waals surface area contributed by atoms with Gasteiger partial charge >= 0.3 is 5.97 Å². The number of benzene rings is 2. The molecule has 1 atom stereocenters. The first-order valence-electron chi connectivity index (χ1n) is 9.93. The predicted octanol–water partition coefficient (Wildman–Crippen LogP) is 3.24. The molecule has 1 aliphatic heterocycles. The van der Waals surface area contributed by atoms with Gasteiger partial charge in [0.25, 0.3) is 5.91 Å². The maximum Gasteiger partial charge on any atom is 0.311 e. The Bertz CT molecular complexity index is 919. The third-order valence-electron chi connectivity index (χ3n) is 4.77. The Balaban J connectivity index is 1.52. The molecule has 158 valence electrons. The highest BCUT2D eigenvalue weighted by molar-refractivity contribution is 6.00. The Morgan fingerprint density at radius 2 is 1.77 bits per heavy atom. The summed E-state index contributed by atoms with van der Waals surface area (Å²) in [5.74, 6) is -0.994. The van der Waals surface area contributed by atoms with E-state index in [1.165, 1.54) is 0 Å². The number of rotatable bonds is 7. The van der Waals surface area contributed by atoms with E-state index in [1.807, 2.05) is 39.0 Å².